The fraction of sp³-hybridized carbons (Fsp3) is 0.278. The number of benzene rings is 2. The number of nitrogens with one attached hydrogen (secondary N) is 2. The van der Waals surface area contributed by atoms with E-state index in [1.165, 1.54) is 13.0 Å². The Hall–Kier alpha value is -2.18. The average molecular weight is 346 g/mol. The number of aryl methyl sites for hydroxylation is 1. The molecule has 5 nitrogen and oxygen atoms in total. The highest BCUT2D eigenvalue weighted by molar-refractivity contribution is 7.89. The Balaban J connectivity index is 2.16. The van der Waals surface area contributed by atoms with Gasteiger partial charge in [0.05, 0.1) is 4.90 Å². The van der Waals surface area contributed by atoms with Crippen LogP contribution in [0.1, 0.15) is 30.9 Å². The van der Waals surface area contributed by atoms with E-state index in [1.807, 2.05) is 37.3 Å². The number of anilines is 1. The monoisotopic (exact) mass is 346 g/mol. The highest BCUT2D eigenvalue weighted by Crippen LogP contribution is 2.21. The van der Waals surface area contributed by atoms with Crippen LogP contribution in [0.2, 0.25) is 0 Å². The van der Waals surface area contributed by atoms with Crippen LogP contribution in [-0.4, -0.2) is 20.9 Å². The first kappa shape index (κ1) is 18.2. The van der Waals surface area contributed by atoms with Gasteiger partial charge in [-0.2, -0.15) is 0 Å². The Kier molecular flexibility index (Phi) is 5.75. The van der Waals surface area contributed by atoms with E-state index in [2.05, 4.69) is 10.0 Å². The minimum atomic E-state index is -3.65. The van der Waals surface area contributed by atoms with Gasteiger partial charge in [-0.25, -0.2) is 13.1 Å². The Labute approximate surface area is 143 Å². The molecule has 0 aliphatic rings. The predicted octanol–water partition coefficient (Wildman–Crippen LogP) is 3.04. The molecule has 0 aromatic heterocycles. The van der Waals surface area contributed by atoms with Gasteiger partial charge in [0.1, 0.15) is 0 Å². The zero-order valence-electron chi connectivity index (χ0n) is 14.0. The molecule has 0 aliphatic carbocycles. The van der Waals surface area contributed by atoms with Gasteiger partial charge in [-0.15, -0.1) is 0 Å². The quantitative estimate of drug-likeness (QED) is 0.844. The summed E-state index contributed by atoms with van der Waals surface area (Å²) in [4.78, 5) is 11.3. The van der Waals surface area contributed by atoms with Crippen molar-refractivity contribution in [2.75, 3.05) is 11.9 Å². The molecule has 6 heteroatoms. The first-order valence-corrected chi connectivity index (χ1v) is 9.21. The molecule has 0 fully saturated rings. The molecule has 0 aliphatic heterocycles. The van der Waals surface area contributed by atoms with Crippen LogP contribution in [-0.2, 0) is 14.8 Å². The maximum Gasteiger partial charge on any atom is 0.240 e. The molecule has 2 aromatic carbocycles. The third-order valence-corrected chi connectivity index (χ3v) is 5.31. The van der Waals surface area contributed by atoms with Crippen molar-refractivity contribution in [3.63, 3.8) is 0 Å². The van der Waals surface area contributed by atoms with Crippen molar-refractivity contribution >= 4 is 21.6 Å². The van der Waals surface area contributed by atoms with Gasteiger partial charge in [0.25, 0.3) is 0 Å². The summed E-state index contributed by atoms with van der Waals surface area (Å²) in [7, 11) is -3.65. The molecule has 24 heavy (non-hydrogen) atoms. The Morgan fingerprint density at radius 1 is 1.12 bits per heavy atom. The lowest BCUT2D eigenvalue weighted by atomic mass is 10.0. The Bertz CT molecular complexity index is 817. The van der Waals surface area contributed by atoms with E-state index < -0.39 is 10.0 Å². The Morgan fingerprint density at radius 3 is 2.42 bits per heavy atom. The van der Waals surface area contributed by atoms with Crippen LogP contribution in [0.4, 0.5) is 5.69 Å². The summed E-state index contributed by atoms with van der Waals surface area (Å²) in [5.74, 6) is -0.187. The zero-order valence-corrected chi connectivity index (χ0v) is 14.9. The van der Waals surface area contributed by atoms with Gasteiger partial charge in [-0.1, -0.05) is 43.3 Å². The van der Waals surface area contributed by atoms with E-state index in [-0.39, 0.29) is 16.7 Å². The number of carbonyl (C=O) groups excluding carboxylic acids is 1. The largest absolute Gasteiger partial charge is 0.326 e. The number of sulfonamides is 1. The molecule has 2 N–H and O–H groups in total. The van der Waals surface area contributed by atoms with Crippen LogP contribution in [0.15, 0.2) is 53.4 Å². The summed E-state index contributed by atoms with van der Waals surface area (Å²) in [6, 6.07) is 14.6. The van der Waals surface area contributed by atoms with Gasteiger partial charge in [0, 0.05) is 19.2 Å². The maximum atomic E-state index is 12.6. The fourth-order valence-corrected chi connectivity index (χ4v) is 3.78. The van der Waals surface area contributed by atoms with Gasteiger partial charge in [0.2, 0.25) is 15.9 Å². The molecule has 0 heterocycles. The molecule has 2 rings (SSSR count). The van der Waals surface area contributed by atoms with Crippen molar-refractivity contribution in [2.45, 2.75) is 31.6 Å². The van der Waals surface area contributed by atoms with E-state index in [1.54, 1.807) is 19.1 Å². The summed E-state index contributed by atoms with van der Waals surface area (Å²) in [6.07, 6.45) is 0. The number of rotatable bonds is 6. The van der Waals surface area contributed by atoms with E-state index in [0.29, 0.717) is 17.8 Å². The third kappa shape index (κ3) is 4.66. The van der Waals surface area contributed by atoms with Crippen molar-refractivity contribution < 1.29 is 13.2 Å². The van der Waals surface area contributed by atoms with Crippen molar-refractivity contribution in [3.05, 3.63) is 59.7 Å². The average Bonchev–Trinajstić information content (AvgIpc) is 2.54. The number of hydrogen-bond donors (Lipinski definition) is 2. The van der Waals surface area contributed by atoms with Crippen LogP contribution in [0.5, 0.6) is 0 Å². The topological polar surface area (TPSA) is 75.3 Å². The van der Waals surface area contributed by atoms with Gasteiger partial charge in [-0.3, -0.25) is 4.79 Å². The normalized spacial score (nSPS) is 12.6. The van der Waals surface area contributed by atoms with Gasteiger partial charge in [0.15, 0.2) is 0 Å². The molecule has 128 valence electrons. The smallest absolute Gasteiger partial charge is 0.240 e. The molecule has 1 amide bonds. The molecule has 1 atom stereocenters. The lowest BCUT2D eigenvalue weighted by Gasteiger charge is -2.15. The molecule has 0 saturated heterocycles. The van der Waals surface area contributed by atoms with Crippen LogP contribution < -0.4 is 10.0 Å². The fourth-order valence-electron chi connectivity index (χ4n) is 2.38. The number of carbonyl (C=O) groups is 1. The van der Waals surface area contributed by atoms with Crippen LogP contribution >= 0.6 is 0 Å². The van der Waals surface area contributed by atoms with E-state index in [4.69, 9.17) is 0 Å². The van der Waals surface area contributed by atoms with Crippen molar-refractivity contribution in [2.24, 2.45) is 0 Å². The van der Waals surface area contributed by atoms with Gasteiger partial charge < -0.3 is 5.32 Å². The van der Waals surface area contributed by atoms with Crippen LogP contribution in [0, 0.1) is 6.92 Å². The summed E-state index contributed by atoms with van der Waals surface area (Å²) >= 11 is 0. The molecular weight excluding hydrogens is 324 g/mol. The number of hydrogen-bond acceptors (Lipinski definition) is 3. The Morgan fingerprint density at radius 2 is 1.79 bits per heavy atom. The first-order valence-electron chi connectivity index (χ1n) is 7.72. The van der Waals surface area contributed by atoms with Crippen molar-refractivity contribution in [3.8, 4) is 0 Å². The third-order valence-electron chi connectivity index (χ3n) is 3.75. The minimum absolute atomic E-state index is 0.0554. The summed E-state index contributed by atoms with van der Waals surface area (Å²) in [5.41, 5.74) is 2.16. The summed E-state index contributed by atoms with van der Waals surface area (Å²) < 4.78 is 27.9. The van der Waals surface area contributed by atoms with Crippen molar-refractivity contribution in [1.29, 1.82) is 0 Å². The van der Waals surface area contributed by atoms with Crippen LogP contribution in [0.3, 0.4) is 0 Å². The molecule has 2 aromatic rings. The standard InChI is InChI=1S/C18H22N2O3S/c1-13-9-10-17(20-15(3)21)11-18(13)24(22,23)19-12-14(2)16-7-5-4-6-8-16/h4-11,14,19H,12H2,1-3H3,(H,20,21). The second kappa shape index (κ2) is 7.59. The zero-order chi connectivity index (χ0) is 17.7. The van der Waals surface area contributed by atoms with Crippen molar-refractivity contribution in [1.82, 2.24) is 4.72 Å². The van der Waals surface area contributed by atoms with E-state index >= 15 is 0 Å². The maximum absolute atomic E-state index is 12.6. The van der Waals surface area contributed by atoms with Crippen LogP contribution in [0.25, 0.3) is 0 Å². The highest BCUT2D eigenvalue weighted by atomic mass is 32.2. The molecule has 0 bridgehead atoms. The molecule has 0 radical (unpaired) electrons. The second-order valence-electron chi connectivity index (χ2n) is 5.83. The molecule has 0 spiro atoms. The summed E-state index contributed by atoms with van der Waals surface area (Å²) in [5, 5.41) is 2.60. The van der Waals surface area contributed by atoms with E-state index in [0.717, 1.165) is 5.56 Å². The second-order valence-corrected chi connectivity index (χ2v) is 7.56. The van der Waals surface area contributed by atoms with Gasteiger partial charge >= 0.3 is 0 Å². The highest BCUT2D eigenvalue weighted by Gasteiger charge is 2.19. The lowest BCUT2D eigenvalue weighted by molar-refractivity contribution is -0.114. The number of amides is 1. The van der Waals surface area contributed by atoms with Gasteiger partial charge in [-0.05, 0) is 36.1 Å². The minimum Gasteiger partial charge on any atom is -0.326 e. The SMILES string of the molecule is CC(=O)Nc1ccc(C)c(S(=O)(=O)NCC(C)c2ccccc2)c1. The van der Waals surface area contributed by atoms with E-state index in [9.17, 15) is 13.2 Å². The first-order chi connectivity index (χ1) is 11.3. The summed E-state index contributed by atoms with van der Waals surface area (Å²) in [6.45, 7) is 5.38. The molecule has 0 saturated carbocycles. The molecular formula is C18H22N2O3S. The lowest BCUT2D eigenvalue weighted by Crippen LogP contribution is -2.28. The molecule has 1 unspecified atom stereocenters. The predicted molar refractivity (Wildman–Crippen MR) is 95.5 cm³/mol.